The third kappa shape index (κ3) is 1.95. The lowest BCUT2D eigenvalue weighted by atomic mass is 10.3. The summed E-state index contributed by atoms with van der Waals surface area (Å²) in [4.78, 5) is 0. The Hall–Kier alpha value is -0.0900. The van der Waals surface area contributed by atoms with Crippen molar-refractivity contribution in [2.45, 2.75) is 25.9 Å². The van der Waals surface area contributed by atoms with Crippen LogP contribution in [-0.2, 0) is 9.84 Å². The van der Waals surface area contributed by atoms with Crippen molar-refractivity contribution in [1.29, 1.82) is 0 Å². The molecule has 4 heteroatoms. The minimum absolute atomic E-state index is 0.119. The van der Waals surface area contributed by atoms with E-state index in [1.165, 1.54) is 0 Å². The zero-order chi connectivity index (χ0) is 7.78. The Bertz CT molecular complexity index is 194. The van der Waals surface area contributed by atoms with Crippen LogP contribution in [0.25, 0.3) is 0 Å². The van der Waals surface area contributed by atoms with Gasteiger partial charge in [0.1, 0.15) is 0 Å². The number of hydrogen-bond acceptors (Lipinski definition) is 3. The van der Waals surface area contributed by atoms with Crippen LogP contribution in [-0.4, -0.2) is 32.0 Å². The number of sulfone groups is 1. The van der Waals surface area contributed by atoms with Crippen LogP contribution < -0.4 is 5.32 Å². The molecule has 1 rings (SSSR count). The maximum Gasteiger partial charge on any atom is 0.153 e. The van der Waals surface area contributed by atoms with E-state index in [1.807, 2.05) is 13.8 Å². The average molecular weight is 163 g/mol. The third-order valence-electron chi connectivity index (χ3n) is 1.58. The highest BCUT2D eigenvalue weighted by molar-refractivity contribution is 7.91. The summed E-state index contributed by atoms with van der Waals surface area (Å²) in [7, 11) is -2.74. The zero-order valence-corrected chi connectivity index (χ0v) is 7.11. The van der Waals surface area contributed by atoms with Gasteiger partial charge in [0, 0.05) is 12.1 Å². The van der Waals surface area contributed by atoms with Crippen LogP contribution in [0.3, 0.4) is 0 Å². The van der Waals surface area contributed by atoms with Crippen molar-refractivity contribution in [3.8, 4) is 0 Å². The molecule has 60 valence electrons. The molecule has 0 aliphatic carbocycles. The van der Waals surface area contributed by atoms with E-state index in [0.29, 0.717) is 0 Å². The molecule has 10 heavy (non-hydrogen) atoms. The molecule has 2 atom stereocenters. The molecule has 0 amide bonds. The Morgan fingerprint density at radius 2 is 1.60 bits per heavy atom. The molecule has 1 N–H and O–H groups in total. The minimum atomic E-state index is -2.74. The standard InChI is InChI=1S/C6H13NO2S/c1-5-3-10(8,9)4-6(2)7-5/h5-7H,3-4H2,1-2H3/t5-,6-/m1/s1. The van der Waals surface area contributed by atoms with E-state index in [1.54, 1.807) is 0 Å². The molecule has 0 unspecified atom stereocenters. The topological polar surface area (TPSA) is 46.2 Å². The van der Waals surface area contributed by atoms with E-state index in [0.717, 1.165) is 0 Å². The van der Waals surface area contributed by atoms with E-state index in [9.17, 15) is 8.42 Å². The Morgan fingerprint density at radius 1 is 1.20 bits per heavy atom. The first-order valence-corrected chi connectivity index (χ1v) is 5.28. The quantitative estimate of drug-likeness (QED) is 0.537. The summed E-state index contributed by atoms with van der Waals surface area (Å²) in [6.45, 7) is 3.79. The summed E-state index contributed by atoms with van der Waals surface area (Å²) in [6.07, 6.45) is 0. The molecule has 0 aromatic heterocycles. The normalized spacial score (nSPS) is 39.4. The summed E-state index contributed by atoms with van der Waals surface area (Å²) in [5.41, 5.74) is 0. The fourth-order valence-electron chi connectivity index (χ4n) is 1.41. The minimum Gasteiger partial charge on any atom is -0.310 e. The molecule has 1 aliphatic heterocycles. The Morgan fingerprint density at radius 3 is 1.90 bits per heavy atom. The van der Waals surface area contributed by atoms with Crippen LogP contribution in [0.15, 0.2) is 0 Å². The molecule has 0 aromatic carbocycles. The highest BCUT2D eigenvalue weighted by Crippen LogP contribution is 2.05. The molecule has 0 aromatic rings. The van der Waals surface area contributed by atoms with E-state index in [4.69, 9.17) is 0 Å². The molecule has 3 nitrogen and oxygen atoms in total. The summed E-state index contributed by atoms with van der Waals surface area (Å²) in [6, 6.07) is 0.238. The van der Waals surface area contributed by atoms with Gasteiger partial charge in [-0.2, -0.15) is 0 Å². The number of rotatable bonds is 0. The van der Waals surface area contributed by atoms with Crippen LogP contribution in [0.1, 0.15) is 13.8 Å². The fourth-order valence-corrected chi connectivity index (χ4v) is 3.26. The Kier molecular flexibility index (Phi) is 2.01. The van der Waals surface area contributed by atoms with Crippen molar-refractivity contribution >= 4 is 9.84 Å². The van der Waals surface area contributed by atoms with Gasteiger partial charge in [-0.3, -0.25) is 0 Å². The van der Waals surface area contributed by atoms with Crippen LogP contribution in [0, 0.1) is 0 Å². The molecular formula is C6H13NO2S. The second-order valence-electron chi connectivity index (χ2n) is 3.05. The van der Waals surface area contributed by atoms with E-state index < -0.39 is 9.84 Å². The van der Waals surface area contributed by atoms with Crippen molar-refractivity contribution in [3.05, 3.63) is 0 Å². The number of nitrogens with one attached hydrogen (secondary N) is 1. The van der Waals surface area contributed by atoms with Crippen LogP contribution in [0.2, 0.25) is 0 Å². The lowest BCUT2D eigenvalue weighted by molar-refractivity contribution is 0.478. The summed E-state index contributed by atoms with van der Waals surface area (Å²) in [5, 5.41) is 3.16. The second-order valence-corrected chi connectivity index (χ2v) is 5.20. The van der Waals surface area contributed by atoms with E-state index in [2.05, 4.69) is 5.32 Å². The lowest BCUT2D eigenvalue weighted by Crippen LogP contribution is -2.48. The van der Waals surface area contributed by atoms with Crippen LogP contribution >= 0.6 is 0 Å². The summed E-state index contributed by atoms with van der Waals surface area (Å²) in [5.74, 6) is 0.578. The summed E-state index contributed by atoms with van der Waals surface area (Å²) >= 11 is 0. The van der Waals surface area contributed by atoms with Gasteiger partial charge in [-0.15, -0.1) is 0 Å². The van der Waals surface area contributed by atoms with Crippen molar-refractivity contribution < 1.29 is 8.42 Å². The molecule has 1 fully saturated rings. The average Bonchev–Trinajstić information content (AvgIpc) is 1.54. The van der Waals surface area contributed by atoms with E-state index >= 15 is 0 Å². The SMILES string of the molecule is C[C@@H]1CS(=O)(=O)C[C@@H](C)N1. The molecule has 0 saturated carbocycles. The second kappa shape index (κ2) is 2.51. The van der Waals surface area contributed by atoms with Crippen molar-refractivity contribution in [2.75, 3.05) is 11.5 Å². The number of hydrogen-bond donors (Lipinski definition) is 1. The highest BCUT2D eigenvalue weighted by Gasteiger charge is 2.25. The largest absolute Gasteiger partial charge is 0.310 e. The molecule has 1 heterocycles. The van der Waals surface area contributed by atoms with Gasteiger partial charge in [0.25, 0.3) is 0 Å². The van der Waals surface area contributed by atoms with Gasteiger partial charge in [-0.25, -0.2) is 8.42 Å². The van der Waals surface area contributed by atoms with Crippen LogP contribution in [0.4, 0.5) is 0 Å². The Balaban J connectivity index is 2.69. The molecule has 1 aliphatic rings. The van der Waals surface area contributed by atoms with Gasteiger partial charge >= 0.3 is 0 Å². The first kappa shape index (κ1) is 8.01. The molecule has 0 bridgehead atoms. The molecule has 0 spiro atoms. The first-order chi connectivity index (χ1) is 4.49. The Labute approximate surface area is 61.7 Å². The van der Waals surface area contributed by atoms with Crippen molar-refractivity contribution in [3.63, 3.8) is 0 Å². The van der Waals surface area contributed by atoms with Gasteiger partial charge < -0.3 is 5.32 Å². The first-order valence-electron chi connectivity index (χ1n) is 3.46. The summed E-state index contributed by atoms with van der Waals surface area (Å²) < 4.78 is 22.1. The molecule has 1 saturated heterocycles. The van der Waals surface area contributed by atoms with Crippen molar-refractivity contribution in [1.82, 2.24) is 5.32 Å². The third-order valence-corrected chi connectivity index (χ3v) is 3.59. The smallest absolute Gasteiger partial charge is 0.153 e. The predicted octanol–water partition coefficient (Wildman–Crippen LogP) is -0.219. The fraction of sp³-hybridized carbons (Fsp3) is 1.00. The monoisotopic (exact) mass is 163 g/mol. The maximum atomic E-state index is 11.0. The van der Waals surface area contributed by atoms with Crippen LogP contribution in [0.5, 0.6) is 0 Å². The van der Waals surface area contributed by atoms with Gasteiger partial charge in [0.05, 0.1) is 11.5 Å². The zero-order valence-electron chi connectivity index (χ0n) is 6.29. The van der Waals surface area contributed by atoms with Crippen molar-refractivity contribution in [2.24, 2.45) is 0 Å². The maximum absolute atomic E-state index is 11.0. The van der Waals surface area contributed by atoms with Gasteiger partial charge in [-0.05, 0) is 13.8 Å². The molecule has 0 radical (unpaired) electrons. The van der Waals surface area contributed by atoms with Gasteiger partial charge in [0.15, 0.2) is 9.84 Å². The van der Waals surface area contributed by atoms with E-state index in [-0.39, 0.29) is 23.6 Å². The lowest BCUT2D eigenvalue weighted by Gasteiger charge is -2.25. The van der Waals surface area contributed by atoms with Gasteiger partial charge in [-0.1, -0.05) is 0 Å². The highest BCUT2D eigenvalue weighted by atomic mass is 32.2. The molecular weight excluding hydrogens is 150 g/mol. The van der Waals surface area contributed by atoms with Gasteiger partial charge in [0.2, 0.25) is 0 Å². The predicted molar refractivity (Wildman–Crippen MR) is 40.7 cm³/mol.